The van der Waals surface area contributed by atoms with Crippen LogP contribution in [-0.2, 0) is 0 Å². The highest BCUT2D eigenvalue weighted by Gasteiger charge is 2.39. The average molecular weight is 379 g/mol. The first-order chi connectivity index (χ1) is 14.2. The zero-order valence-corrected chi connectivity index (χ0v) is 16.2. The van der Waals surface area contributed by atoms with E-state index in [0.29, 0.717) is 5.75 Å². The third-order valence-electron chi connectivity index (χ3n) is 5.70. The Morgan fingerprint density at radius 2 is 1.45 bits per heavy atom. The molecule has 0 saturated carbocycles. The van der Waals surface area contributed by atoms with Crippen molar-refractivity contribution in [3.8, 4) is 5.75 Å². The summed E-state index contributed by atoms with van der Waals surface area (Å²) < 4.78 is 5.83. The average Bonchev–Trinajstić information content (AvgIpc) is 2.78. The Kier molecular flexibility index (Phi) is 4.28. The van der Waals surface area contributed by atoms with Crippen LogP contribution in [0.25, 0.3) is 10.8 Å². The number of amides is 1. The van der Waals surface area contributed by atoms with E-state index in [1.165, 1.54) is 0 Å². The van der Waals surface area contributed by atoms with E-state index in [2.05, 4.69) is 43.3 Å². The van der Waals surface area contributed by atoms with Crippen molar-refractivity contribution in [1.29, 1.82) is 0 Å². The van der Waals surface area contributed by atoms with Crippen LogP contribution in [0, 0.1) is 0 Å². The van der Waals surface area contributed by atoms with E-state index in [0.717, 1.165) is 27.5 Å². The first kappa shape index (κ1) is 17.5. The van der Waals surface area contributed by atoms with Crippen LogP contribution in [0.4, 0.5) is 4.79 Å². The minimum absolute atomic E-state index is 0.138. The summed E-state index contributed by atoms with van der Waals surface area (Å²) in [6, 6.07) is 32.1. The topological polar surface area (TPSA) is 29.5 Å². The van der Waals surface area contributed by atoms with Crippen LogP contribution >= 0.6 is 0 Å². The SMILES string of the molecule is C[C@@H](c1ccccc1)N1C(=O)Oc2ccc3ccccc3c2C1c1ccccc1. The second-order valence-electron chi connectivity index (χ2n) is 7.37. The second-order valence-corrected chi connectivity index (χ2v) is 7.37. The van der Waals surface area contributed by atoms with Gasteiger partial charge in [-0.05, 0) is 34.9 Å². The van der Waals surface area contributed by atoms with Gasteiger partial charge in [-0.25, -0.2) is 4.79 Å². The molecule has 0 spiro atoms. The van der Waals surface area contributed by atoms with Crippen molar-refractivity contribution < 1.29 is 9.53 Å². The van der Waals surface area contributed by atoms with Crippen molar-refractivity contribution in [1.82, 2.24) is 4.90 Å². The van der Waals surface area contributed by atoms with Crippen molar-refractivity contribution in [2.45, 2.75) is 19.0 Å². The summed E-state index contributed by atoms with van der Waals surface area (Å²) in [5.41, 5.74) is 3.19. The fourth-order valence-corrected chi connectivity index (χ4v) is 4.27. The summed E-state index contributed by atoms with van der Waals surface area (Å²) >= 11 is 0. The molecule has 29 heavy (non-hydrogen) atoms. The molecule has 5 rings (SSSR count). The number of rotatable bonds is 3. The molecule has 1 heterocycles. The van der Waals surface area contributed by atoms with Crippen LogP contribution < -0.4 is 4.74 Å². The van der Waals surface area contributed by atoms with Crippen LogP contribution in [0.5, 0.6) is 5.75 Å². The van der Waals surface area contributed by atoms with E-state index in [9.17, 15) is 4.79 Å². The lowest BCUT2D eigenvalue weighted by atomic mass is 9.89. The molecule has 1 unspecified atom stereocenters. The maximum absolute atomic E-state index is 13.2. The van der Waals surface area contributed by atoms with Crippen molar-refractivity contribution >= 4 is 16.9 Å². The Morgan fingerprint density at radius 3 is 2.21 bits per heavy atom. The van der Waals surface area contributed by atoms with Crippen molar-refractivity contribution in [3.05, 3.63) is 114 Å². The van der Waals surface area contributed by atoms with Crippen molar-refractivity contribution in [2.24, 2.45) is 0 Å². The molecule has 1 amide bonds. The van der Waals surface area contributed by atoms with Gasteiger partial charge in [-0.3, -0.25) is 4.90 Å². The molecule has 3 nitrogen and oxygen atoms in total. The largest absolute Gasteiger partial charge is 0.416 e. The summed E-state index contributed by atoms with van der Waals surface area (Å²) in [5.74, 6) is 0.638. The van der Waals surface area contributed by atoms with Crippen molar-refractivity contribution in [2.75, 3.05) is 0 Å². The van der Waals surface area contributed by atoms with E-state index in [-0.39, 0.29) is 18.2 Å². The minimum atomic E-state index is -0.321. The molecule has 2 atom stereocenters. The molecule has 0 fully saturated rings. The number of fused-ring (bicyclic) bond motifs is 3. The van der Waals surface area contributed by atoms with Gasteiger partial charge in [0.2, 0.25) is 0 Å². The molecular weight excluding hydrogens is 358 g/mol. The van der Waals surface area contributed by atoms with Gasteiger partial charge < -0.3 is 4.74 Å². The Balaban J connectivity index is 1.76. The second kappa shape index (κ2) is 7.10. The Hall–Kier alpha value is -3.59. The normalized spacial score (nSPS) is 16.9. The Morgan fingerprint density at radius 1 is 0.793 bits per heavy atom. The number of carbonyl (C=O) groups is 1. The minimum Gasteiger partial charge on any atom is -0.410 e. The molecule has 0 aromatic heterocycles. The third-order valence-corrected chi connectivity index (χ3v) is 5.70. The predicted octanol–water partition coefficient (Wildman–Crippen LogP) is 6.50. The lowest BCUT2D eigenvalue weighted by Gasteiger charge is -2.41. The standard InChI is InChI=1S/C26H21NO2/c1-18(19-10-4-2-5-11-19)27-25(21-13-6-3-7-14-21)24-22-15-9-8-12-20(22)16-17-23(24)29-26(27)28/h2-18,25H,1H3/t18-,25?/m0/s1. The lowest BCUT2D eigenvalue weighted by molar-refractivity contribution is 0.106. The predicted molar refractivity (Wildman–Crippen MR) is 115 cm³/mol. The monoisotopic (exact) mass is 379 g/mol. The molecule has 4 aromatic carbocycles. The molecule has 3 heteroatoms. The molecule has 0 radical (unpaired) electrons. The van der Waals surface area contributed by atoms with Gasteiger partial charge in [0.05, 0.1) is 12.1 Å². The smallest absolute Gasteiger partial charge is 0.410 e. The van der Waals surface area contributed by atoms with Gasteiger partial charge in [-0.1, -0.05) is 91.0 Å². The molecule has 0 saturated heterocycles. The van der Waals surface area contributed by atoms with E-state index in [4.69, 9.17) is 4.74 Å². The van der Waals surface area contributed by atoms with Crippen LogP contribution in [0.3, 0.4) is 0 Å². The maximum Gasteiger partial charge on any atom is 0.416 e. The first-order valence-electron chi connectivity index (χ1n) is 9.86. The summed E-state index contributed by atoms with van der Waals surface area (Å²) in [7, 11) is 0. The fourth-order valence-electron chi connectivity index (χ4n) is 4.27. The zero-order chi connectivity index (χ0) is 19.8. The van der Waals surface area contributed by atoms with Crippen LogP contribution in [0.2, 0.25) is 0 Å². The van der Waals surface area contributed by atoms with Gasteiger partial charge >= 0.3 is 6.09 Å². The number of ether oxygens (including phenoxy) is 1. The van der Waals surface area contributed by atoms with Gasteiger partial charge in [-0.2, -0.15) is 0 Å². The molecule has 4 aromatic rings. The van der Waals surface area contributed by atoms with E-state index in [1.807, 2.05) is 65.6 Å². The van der Waals surface area contributed by atoms with Crippen molar-refractivity contribution in [3.63, 3.8) is 0 Å². The van der Waals surface area contributed by atoms with Gasteiger partial charge in [-0.15, -0.1) is 0 Å². The summed E-state index contributed by atoms with van der Waals surface area (Å²) in [6.07, 6.45) is -0.321. The Bertz CT molecular complexity index is 1170. The maximum atomic E-state index is 13.2. The molecular formula is C26H21NO2. The molecule has 0 bridgehead atoms. The summed E-state index contributed by atoms with van der Waals surface area (Å²) in [6.45, 7) is 2.06. The van der Waals surface area contributed by atoms with Crippen LogP contribution in [0.1, 0.15) is 35.7 Å². The van der Waals surface area contributed by atoms with E-state index in [1.54, 1.807) is 0 Å². The number of nitrogens with zero attached hydrogens (tertiary/aromatic N) is 1. The molecule has 0 aliphatic carbocycles. The number of hydrogen-bond acceptors (Lipinski definition) is 2. The summed E-state index contributed by atoms with van der Waals surface area (Å²) in [4.78, 5) is 15.1. The van der Waals surface area contributed by atoms with Gasteiger partial charge in [0.1, 0.15) is 5.75 Å². The first-order valence-corrected chi connectivity index (χ1v) is 9.86. The number of carbonyl (C=O) groups excluding carboxylic acids is 1. The Labute approximate surface area is 170 Å². The molecule has 0 N–H and O–H groups in total. The molecule has 142 valence electrons. The lowest BCUT2D eigenvalue weighted by Crippen LogP contribution is -2.43. The molecule has 1 aliphatic rings. The highest BCUT2D eigenvalue weighted by atomic mass is 16.6. The number of benzene rings is 4. The van der Waals surface area contributed by atoms with Gasteiger partial charge in [0.25, 0.3) is 0 Å². The van der Waals surface area contributed by atoms with Crippen LogP contribution in [-0.4, -0.2) is 11.0 Å². The van der Waals surface area contributed by atoms with Crippen LogP contribution in [0.15, 0.2) is 97.1 Å². The highest BCUT2D eigenvalue weighted by molar-refractivity contribution is 5.91. The third kappa shape index (κ3) is 2.95. The molecule has 1 aliphatic heterocycles. The van der Waals surface area contributed by atoms with E-state index >= 15 is 0 Å². The fraction of sp³-hybridized carbons (Fsp3) is 0.115. The van der Waals surface area contributed by atoms with E-state index < -0.39 is 0 Å². The van der Waals surface area contributed by atoms with Gasteiger partial charge in [0.15, 0.2) is 0 Å². The quantitative estimate of drug-likeness (QED) is 0.406. The van der Waals surface area contributed by atoms with Gasteiger partial charge in [0, 0.05) is 5.56 Å². The number of hydrogen-bond donors (Lipinski definition) is 0. The zero-order valence-electron chi connectivity index (χ0n) is 16.2. The highest BCUT2D eigenvalue weighted by Crippen LogP contribution is 2.46. The summed E-state index contributed by atoms with van der Waals surface area (Å²) in [5, 5.41) is 2.24.